The van der Waals surface area contributed by atoms with Crippen molar-refractivity contribution in [3.8, 4) is 22.3 Å². The van der Waals surface area contributed by atoms with Gasteiger partial charge in [-0.3, -0.25) is 28.6 Å². The molecular weight excluding hydrogens is 1140 g/mol. The molecule has 0 saturated carbocycles. The molecule has 0 unspecified atom stereocenters. The highest BCUT2D eigenvalue weighted by atomic mass is 35.5. The predicted molar refractivity (Wildman–Crippen MR) is 242 cm³/mol. The minimum absolute atomic E-state index is 0.0215. The highest BCUT2D eigenvalue weighted by molar-refractivity contribution is 7.93. The molecule has 0 heterocycles. The average Bonchev–Trinajstić information content (AvgIpc) is 3.32. The van der Waals surface area contributed by atoms with Crippen molar-refractivity contribution in [3.05, 3.63) is 150 Å². The molecule has 0 atom stereocenters. The zero-order valence-electron chi connectivity index (χ0n) is 35.4. The minimum Gasteiger partial charge on any atom is -0.480 e. The van der Waals surface area contributed by atoms with Gasteiger partial charge in [-0.1, -0.05) is 58.5 Å². The molecule has 6 rings (SSSR count). The second-order valence-electron chi connectivity index (χ2n) is 14.5. The van der Waals surface area contributed by atoms with E-state index in [2.05, 4.69) is 10.2 Å². The van der Waals surface area contributed by atoms with Crippen LogP contribution in [0.2, 0.25) is 20.1 Å². The summed E-state index contributed by atoms with van der Waals surface area (Å²) in [7, 11) is -11.5. The Morgan fingerprint density at radius 1 is 0.432 bits per heavy atom. The molecule has 0 aliphatic heterocycles. The number of carbonyl (C=O) groups excluding carboxylic acids is 2. The van der Waals surface area contributed by atoms with Gasteiger partial charge in [0.05, 0.1) is 42.6 Å². The van der Waals surface area contributed by atoms with Gasteiger partial charge in [-0.25, -0.2) is 60.7 Å². The molecule has 0 saturated heterocycles. The molecule has 0 radical (unpaired) electrons. The van der Waals surface area contributed by atoms with E-state index < -0.39 is 147 Å². The van der Waals surface area contributed by atoms with Gasteiger partial charge in [0.25, 0.3) is 31.9 Å². The van der Waals surface area contributed by atoms with Crippen molar-refractivity contribution < 1.29 is 90.1 Å². The Balaban J connectivity index is 1.33. The van der Waals surface area contributed by atoms with E-state index in [0.717, 1.165) is 60.7 Å². The van der Waals surface area contributed by atoms with Crippen LogP contribution in [0.15, 0.2) is 80.7 Å². The van der Waals surface area contributed by atoms with Gasteiger partial charge >= 0.3 is 11.9 Å². The number of anilines is 2. The molecule has 0 bridgehead atoms. The number of carboxylic acid groups (broad SMARTS) is 2. The number of hydrogen-bond donors (Lipinski definition) is 6. The van der Waals surface area contributed by atoms with Crippen LogP contribution in [-0.2, 0) is 29.6 Å². The van der Waals surface area contributed by atoms with Gasteiger partial charge in [-0.2, -0.15) is 0 Å². The number of nitrogens with one attached hydrogen (secondary N) is 4. The maximum Gasteiger partial charge on any atom is 0.322 e. The molecule has 6 N–H and O–H groups in total. The van der Waals surface area contributed by atoms with Crippen LogP contribution in [-0.4, -0.2) is 63.9 Å². The van der Waals surface area contributed by atoms with Crippen LogP contribution >= 0.6 is 46.4 Å². The predicted octanol–water partition coefficient (Wildman–Crippen LogP) is 10.7. The fourth-order valence-corrected chi connectivity index (χ4v) is 9.86. The van der Waals surface area contributed by atoms with Crippen molar-refractivity contribution in [2.24, 2.45) is 10.2 Å². The Bertz CT molecular complexity index is 3350. The lowest BCUT2D eigenvalue weighted by molar-refractivity contribution is -0.136. The van der Waals surface area contributed by atoms with Crippen molar-refractivity contribution in [2.75, 3.05) is 22.5 Å². The lowest BCUT2D eigenvalue weighted by atomic mass is 10.0. The number of amides is 2. The number of aliphatic carboxylic acids is 2. The number of benzene rings is 6. The Labute approximate surface area is 426 Å². The summed E-state index contributed by atoms with van der Waals surface area (Å²) in [6.07, 6.45) is 0. The van der Waals surface area contributed by atoms with Crippen LogP contribution in [0.25, 0.3) is 22.3 Å². The van der Waals surface area contributed by atoms with E-state index in [1.165, 1.54) is 0 Å². The van der Waals surface area contributed by atoms with Gasteiger partial charge in [-0.15, -0.1) is 10.2 Å². The standard InChI is InChI=1S/C42H20Cl4F10N6O10S2/c43-19-7-15(13-1-3-23(17(5-13)41(67)57-11-25(63)64)61-73(69,70)39-33(53)29(49)27(47)30(50)34(39)54)8-20(44)37(19)59-60-38-21(45)9-16(10-22(38)46)14-2-4-24(18(6-14)42(68)58-12-26(65)66)62-74(71,72)40-35(55)31(51)28(48)32(52)36(40)56/h1-10,61-62H,11-12H2,(H,57,67)(H,58,68)(H,63,64)(H,65,66). The first-order valence-electron chi connectivity index (χ1n) is 19.2. The Hall–Kier alpha value is -7.24. The lowest BCUT2D eigenvalue weighted by Crippen LogP contribution is -2.30. The van der Waals surface area contributed by atoms with Gasteiger partial charge < -0.3 is 20.8 Å². The number of nitrogens with zero attached hydrogens (tertiary/aromatic N) is 2. The number of carboxylic acids is 2. The molecule has 0 aliphatic rings. The second-order valence-corrected chi connectivity index (χ2v) is 19.3. The monoisotopic (exact) mass is 1160 g/mol. The fraction of sp³-hybridized carbons (Fsp3) is 0.0476. The number of carbonyl (C=O) groups is 4. The molecule has 2 amide bonds. The van der Waals surface area contributed by atoms with Crippen molar-refractivity contribution in [1.29, 1.82) is 0 Å². The highest BCUT2D eigenvalue weighted by Crippen LogP contribution is 2.43. The quantitative estimate of drug-likeness (QED) is 0.0231. The molecular formula is C42H20Cl4F10N6O10S2. The molecule has 6 aromatic rings. The van der Waals surface area contributed by atoms with E-state index in [1.807, 2.05) is 10.6 Å². The molecule has 0 fully saturated rings. The van der Waals surface area contributed by atoms with Crippen LogP contribution in [0.4, 0.5) is 66.7 Å². The van der Waals surface area contributed by atoms with Crippen LogP contribution in [0.5, 0.6) is 0 Å². The summed E-state index contributed by atoms with van der Waals surface area (Å²) in [5, 5.41) is 28.7. The summed E-state index contributed by atoms with van der Waals surface area (Å²) >= 11 is 25.9. The molecule has 6 aromatic carbocycles. The third kappa shape index (κ3) is 11.4. The molecule has 0 aromatic heterocycles. The van der Waals surface area contributed by atoms with E-state index in [1.54, 1.807) is 9.44 Å². The van der Waals surface area contributed by atoms with Gasteiger partial charge in [0.2, 0.25) is 11.6 Å². The van der Waals surface area contributed by atoms with Crippen molar-refractivity contribution in [2.45, 2.75) is 9.79 Å². The minimum atomic E-state index is -5.73. The first-order chi connectivity index (χ1) is 34.5. The lowest BCUT2D eigenvalue weighted by Gasteiger charge is -2.16. The summed E-state index contributed by atoms with van der Waals surface area (Å²) in [6, 6.07) is 10.2. The molecule has 388 valence electrons. The van der Waals surface area contributed by atoms with E-state index in [-0.39, 0.29) is 53.7 Å². The van der Waals surface area contributed by atoms with Crippen molar-refractivity contribution in [1.82, 2.24) is 10.6 Å². The third-order valence-corrected chi connectivity index (χ3v) is 13.6. The summed E-state index contributed by atoms with van der Waals surface area (Å²) in [5.41, 5.74) is -3.82. The summed E-state index contributed by atoms with van der Waals surface area (Å²) in [6.45, 7) is -2.11. The largest absolute Gasteiger partial charge is 0.480 e. The number of sulfonamides is 2. The summed E-state index contributed by atoms with van der Waals surface area (Å²) < 4.78 is 196. The topological polar surface area (TPSA) is 250 Å². The maximum atomic E-state index is 14.5. The number of azo groups is 1. The average molecular weight is 1160 g/mol. The zero-order chi connectivity index (χ0) is 55.0. The maximum absolute atomic E-state index is 14.5. The molecule has 0 aliphatic carbocycles. The Kier molecular flexibility index (Phi) is 16.4. The first-order valence-corrected chi connectivity index (χ1v) is 23.7. The Morgan fingerprint density at radius 3 is 0.973 bits per heavy atom. The van der Waals surface area contributed by atoms with E-state index in [0.29, 0.717) is 0 Å². The van der Waals surface area contributed by atoms with Gasteiger partial charge in [0.15, 0.2) is 56.3 Å². The summed E-state index contributed by atoms with van der Waals surface area (Å²) in [4.78, 5) is 44.0. The van der Waals surface area contributed by atoms with Crippen LogP contribution in [0.3, 0.4) is 0 Å². The molecule has 16 nitrogen and oxygen atoms in total. The van der Waals surface area contributed by atoms with E-state index in [4.69, 9.17) is 56.6 Å². The second kappa shape index (κ2) is 21.7. The molecule has 74 heavy (non-hydrogen) atoms. The normalized spacial score (nSPS) is 11.7. The molecule has 32 heteroatoms. The van der Waals surface area contributed by atoms with Gasteiger partial charge in [-0.05, 0) is 70.8 Å². The first kappa shape index (κ1) is 56.1. The number of hydrogen-bond acceptors (Lipinski definition) is 10. The molecule has 0 spiro atoms. The van der Waals surface area contributed by atoms with E-state index in [9.17, 15) is 79.9 Å². The number of rotatable bonds is 16. The summed E-state index contributed by atoms with van der Waals surface area (Å²) in [5.74, 6) is -32.6. The smallest absolute Gasteiger partial charge is 0.322 e. The third-order valence-electron chi connectivity index (χ3n) is 9.64. The zero-order valence-corrected chi connectivity index (χ0v) is 40.0. The SMILES string of the molecule is O=C(O)CNC(=O)c1cc(-c2cc(Cl)c(N=Nc3c(Cl)cc(-c4ccc(NS(=O)(=O)c5c(F)c(F)c(F)c(F)c5F)c(C(=O)NCC(=O)O)c4)cc3Cl)c(Cl)c2)ccc1NS(=O)(=O)c1c(F)c(F)c(F)c(F)c1F. The van der Waals surface area contributed by atoms with Gasteiger partial charge in [0, 0.05) is 0 Å². The fourth-order valence-electron chi connectivity index (χ4n) is 6.29. The van der Waals surface area contributed by atoms with Crippen molar-refractivity contribution in [3.63, 3.8) is 0 Å². The number of halogens is 14. The van der Waals surface area contributed by atoms with Crippen LogP contribution in [0.1, 0.15) is 20.7 Å². The highest BCUT2D eigenvalue weighted by Gasteiger charge is 2.36. The van der Waals surface area contributed by atoms with Crippen LogP contribution in [0, 0.1) is 58.2 Å². The Morgan fingerprint density at radius 2 is 0.703 bits per heavy atom. The van der Waals surface area contributed by atoms with E-state index >= 15 is 0 Å². The van der Waals surface area contributed by atoms with Gasteiger partial charge in [0.1, 0.15) is 24.5 Å². The van der Waals surface area contributed by atoms with Crippen molar-refractivity contribution >= 4 is 113 Å². The van der Waals surface area contributed by atoms with Crippen LogP contribution < -0.4 is 20.1 Å².